The third kappa shape index (κ3) is 5.21. The van der Waals surface area contributed by atoms with Crippen LogP contribution in [0, 0.1) is 0 Å². The first-order chi connectivity index (χ1) is 13.1. The van der Waals surface area contributed by atoms with Crippen LogP contribution in [0.5, 0.6) is 0 Å². The number of hydrogen-bond acceptors (Lipinski definition) is 3. The highest BCUT2D eigenvalue weighted by molar-refractivity contribution is 6.30. The number of carbonyl (C=O) groups excluding carboxylic acids is 2. The lowest BCUT2D eigenvalue weighted by Gasteiger charge is -2.20. The summed E-state index contributed by atoms with van der Waals surface area (Å²) in [4.78, 5) is 24.3. The van der Waals surface area contributed by atoms with Crippen molar-refractivity contribution in [2.24, 2.45) is 0 Å². The molecule has 0 spiro atoms. The summed E-state index contributed by atoms with van der Waals surface area (Å²) in [5.74, 6) is -0.303. The van der Waals surface area contributed by atoms with Crippen molar-refractivity contribution in [2.45, 2.75) is 12.5 Å². The molecular weight excluding hydrogens is 364 g/mol. The molecule has 0 aliphatic rings. The van der Waals surface area contributed by atoms with Crippen LogP contribution in [0.25, 0.3) is 0 Å². The van der Waals surface area contributed by atoms with Crippen molar-refractivity contribution < 1.29 is 14.0 Å². The minimum atomic E-state index is -0.345. The first kappa shape index (κ1) is 18.7. The zero-order valence-electron chi connectivity index (χ0n) is 14.5. The number of amides is 2. The van der Waals surface area contributed by atoms with E-state index >= 15 is 0 Å². The van der Waals surface area contributed by atoms with Gasteiger partial charge < -0.3 is 15.1 Å². The Morgan fingerprint density at radius 2 is 1.74 bits per heavy atom. The van der Waals surface area contributed by atoms with Crippen molar-refractivity contribution in [1.29, 1.82) is 0 Å². The number of carbonyl (C=O) groups is 2. The highest BCUT2D eigenvalue weighted by Crippen LogP contribution is 2.24. The summed E-state index contributed by atoms with van der Waals surface area (Å²) in [5, 5.41) is 6.28. The first-order valence-corrected chi connectivity index (χ1v) is 8.93. The van der Waals surface area contributed by atoms with E-state index in [1.807, 2.05) is 48.5 Å². The first-order valence-electron chi connectivity index (χ1n) is 8.55. The summed E-state index contributed by atoms with van der Waals surface area (Å²) in [7, 11) is 0. The summed E-state index contributed by atoms with van der Waals surface area (Å²) >= 11 is 6.11. The molecule has 0 fully saturated rings. The number of furan rings is 1. The van der Waals surface area contributed by atoms with E-state index in [1.165, 1.54) is 6.26 Å². The molecular formula is C21H19ClN2O3. The van der Waals surface area contributed by atoms with Gasteiger partial charge in [-0.25, -0.2) is 0 Å². The third-order valence-corrected chi connectivity index (χ3v) is 4.24. The zero-order chi connectivity index (χ0) is 19.1. The van der Waals surface area contributed by atoms with Gasteiger partial charge in [0.1, 0.15) is 0 Å². The van der Waals surface area contributed by atoms with Gasteiger partial charge in [-0.05, 0) is 35.4 Å². The lowest BCUT2D eigenvalue weighted by Crippen LogP contribution is -2.33. The number of benzene rings is 2. The van der Waals surface area contributed by atoms with Gasteiger partial charge in [0.2, 0.25) is 5.91 Å². The van der Waals surface area contributed by atoms with Crippen LogP contribution < -0.4 is 10.6 Å². The van der Waals surface area contributed by atoms with Crippen molar-refractivity contribution in [3.05, 3.63) is 94.9 Å². The third-order valence-electron chi connectivity index (χ3n) is 4.00. The Hall–Kier alpha value is -3.05. The predicted octanol–water partition coefficient (Wildman–Crippen LogP) is 3.96. The van der Waals surface area contributed by atoms with E-state index in [4.69, 9.17) is 16.0 Å². The second-order valence-electron chi connectivity index (χ2n) is 5.95. The van der Waals surface area contributed by atoms with Crippen LogP contribution in [0.15, 0.2) is 77.4 Å². The minimum absolute atomic E-state index is 0.149. The molecule has 6 heteroatoms. The van der Waals surface area contributed by atoms with Crippen molar-refractivity contribution >= 4 is 23.4 Å². The summed E-state index contributed by atoms with van der Waals surface area (Å²) in [6.45, 7) is 0.211. The number of rotatable bonds is 7. The molecule has 2 aromatic carbocycles. The molecule has 3 rings (SSSR count). The fourth-order valence-electron chi connectivity index (χ4n) is 2.71. The molecule has 2 amide bonds. The lowest BCUT2D eigenvalue weighted by molar-refractivity contribution is -0.121. The van der Waals surface area contributed by atoms with E-state index in [2.05, 4.69) is 10.6 Å². The molecule has 1 aromatic heterocycles. The van der Waals surface area contributed by atoms with Crippen LogP contribution in [-0.4, -0.2) is 18.4 Å². The average molecular weight is 383 g/mol. The van der Waals surface area contributed by atoms with Crippen LogP contribution in [0.2, 0.25) is 5.02 Å². The molecule has 1 unspecified atom stereocenters. The Balaban J connectivity index is 1.63. The molecule has 0 radical (unpaired) electrons. The Labute approximate surface area is 162 Å². The quantitative estimate of drug-likeness (QED) is 0.649. The molecule has 27 heavy (non-hydrogen) atoms. The molecule has 1 atom stereocenters. The maximum atomic E-state index is 12.4. The highest BCUT2D eigenvalue weighted by atomic mass is 35.5. The minimum Gasteiger partial charge on any atom is -0.459 e. The fraction of sp³-hybridized carbons (Fsp3) is 0.143. The molecule has 1 heterocycles. The number of nitrogens with one attached hydrogen (secondary N) is 2. The monoisotopic (exact) mass is 382 g/mol. The second kappa shape index (κ2) is 9.05. The molecule has 0 aliphatic heterocycles. The van der Waals surface area contributed by atoms with E-state index in [0.29, 0.717) is 5.02 Å². The Morgan fingerprint density at radius 1 is 0.963 bits per heavy atom. The van der Waals surface area contributed by atoms with Crippen LogP contribution >= 0.6 is 11.6 Å². The molecule has 0 aliphatic carbocycles. The van der Waals surface area contributed by atoms with Crippen LogP contribution in [0.4, 0.5) is 0 Å². The van der Waals surface area contributed by atoms with Crippen molar-refractivity contribution in [3.8, 4) is 0 Å². The van der Waals surface area contributed by atoms with E-state index in [-0.39, 0.29) is 36.6 Å². The van der Waals surface area contributed by atoms with E-state index in [0.717, 1.165) is 11.1 Å². The van der Waals surface area contributed by atoms with Gasteiger partial charge in [-0.15, -0.1) is 0 Å². The molecule has 0 saturated carbocycles. The largest absolute Gasteiger partial charge is 0.459 e. The van der Waals surface area contributed by atoms with Crippen LogP contribution in [-0.2, 0) is 4.79 Å². The average Bonchev–Trinajstić information content (AvgIpc) is 3.22. The highest BCUT2D eigenvalue weighted by Gasteiger charge is 2.17. The summed E-state index contributed by atoms with van der Waals surface area (Å²) in [5.41, 5.74) is 1.84. The predicted molar refractivity (Wildman–Crippen MR) is 104 cm³/mol. The maximum absolute atomic E-state index is 12.4. The SMILES string of the molecule is O=C(CCNC(=O)c1ccco1)NC(c1ccccc1)c1cccc(Cl)c1. The lowest BCUT2D eigenvalue weighted by atomic mass is 9.98. The molecule has 0 saturated heterocycles. The topological polar surface area (TPSA) is 71.3 Å². The fourth-order valence-corrected chi connectivity index (χ4v) is 2.91. The van der Waals surface area contributed by atoms with Gasteiger partial charge in [0.25, 0.3) is 5.91 Å². The van der Waals surface area contributed by atoms with Crippen molar-refractivity contribution in [2.75, 3.05) is 6.54 Å². The smallest absolute Gasteiger partial charge is 0.286 e. The van der Waals surface area contributed by atoms with Gasteiger partial charge in [0.15, 0.2) is 5.76 Å². The van der Waals surface area contributed by atoms with Crippen LogP contribution in [0.1, 0.15) is 34.1 Å². The standard InChI is InChI=1S/C21H19ClN2O3/c22-17-9-4-8-16(14-17)20(15-6-2-1-3-7-15)24-19(25)11-12-23-21(26)18-10-5-13-27-18/h1-10,13-14,20H,11-12H2,(H,23,26)(H,24,25). The maximum Gasteiger partial charge on any atom is 0.286 e. The Morgan fingerprint density at radius 3 is 2.44 bits per heavy atom. The van der Waals surface area contributed by atoms with Gasteiger partial charge in [-0.1, -0.05) is 54.1 Å². The van der Waals surface area contributed by atoms with Gasteiger partial charge >= 0.3 is 0 Å². The Bertz CT molecular complexity index is 895. The van der Waals surface area contributed by atoms with Gasteiger partial charge in [-0.2, -0.15) is 0 Å². The normalized spacial score (nSPS) is 11.6. The van der Waals surface area contributed by atoms with Crippen molar-refractivity contribution in [3.63, 3.8) is 0 Å². The zero-order valence-corrected chi connectivity index (χ0v) is 15.3. The van der Waals surface area contributed by atoms with Gasteiger partial charge in [0, 0.05) is 18.0 Å². The molecule has 5 nitrogen and oxygen atoms in total. The molecule has 138 valence electrons. The van der Waals surface area contributed by atoms with E-state index in [1.54, 1.807) is 18.2 Å². The second-order valence-corrected chi connectivity index (χ2v) is 6.39. The summed E-state index contributed by atoms with van der Waals surface area (Å²) in [6, 6.07) is 19.9. The molecule has 0 bridgehead atoms. The van der Waals surface area contributed by atoms with Gasteiger partial charge in [0.05, 0.1) is 12.3 Å². The van der Waals surface area contributed by atoms with Gasteiger partial charge in [-0.3, -0.25) is 9.59 Å². The Kier molecular flexibility index (Phi) is 6.28. The molecule has 2 N–H and O–H groups in total. The number of halogens is 1. The van der Waals surface area contributed by atoms with Crippen molar-refractivity contribution in [1.82, 2.24) is 10.6 Å². The number of hydrogen-bond donors (Lipinski definition) is 2. The summed E-state index contributed by atoms with van der Waals surface area (Å²) < 4.78 is 5.02. The van der Waals surface area contributed by atoms with E-state index in [9.17, 15) is 9.59 Å². The van der Waals surface area contributed by atoms with Crippen LogP contribution in [0.3, 0.4) is 0 Å². The summed E-state index contributed by atoms with van der Waals surface area (Å²) in [6.07, 6.45) is 1.58. The van der Waals surface area contributed by atoms with E-state index < -0.39 is 0 Å². The molecule has 3 aromatic rings.